The largest absolute Gasteiger partial charge is 0.460 e. The summed E-state index contributed by atoms with van der Waals surface area (Å²) in [6, 6.07) is 0. The van der Waals surface area contributed by atoms with Gasteiger partial charge in [0.15, 0.2) is 0 Å². The van der Waals surface area contributed by atoms with Crippen molar-refractivity contribution in [3.63, 3.8) is 0 Å². The molecule has 1 aliphatic heterocycles. The van der Waals surface area contributed by atoms with Crippen molar-refractivity contribution in [3.8, 4) is 0 Å². The molecular formula is C15H20O3. The van der Waals surface area contributed by atoms with Crippen molar-refractivity contribution in [2.75, 3.05) is 6.61 Å². The minimum atomic E-state index is -0.446. The summed E-state index contributed by atoms with van der Waals surface area (Å²) in [6.07, 6.45) is 2.46. The topological polar surface area (TPSA) is 46.5 Å². The maximum absolute atomic E-state index is 12.1. The number of carbonyl (C=O) groups is 1. The van der Waals surface area contributed by atoms with Gasteiger partial charge in [0, 0.05) is 11.3 Å². The van der Waals surface area contributed by atoms with Crippen molar-refractivity contribution >= 4 is 5.97 Å². The van der Waals surface area contributed by atoms with Crippen LogP contribution in [0.2, 0.25) is 0 Å². The van der Waals surface area contributed by atoms with E-state index in [9.17, 15) is 9.90 Å². The molecule has 18 heavy (non-hydrogen) atoms. The van der Waals surface area contributed by atoms with Crippen LogP contribution in [0, 0.1) is 22.2 Å². The van der Waals surface area contributed by atoms with Gasteiger partial charge in [0.2, 0.25) is 0 Å². The maximum atomic E-state index is 12.1. The molecule has 1 N–H and O–H groups in total. The van der Waals surface area contributed by atoms with E-state index in [-0.39, 0.29) is 28.8 Å². The van der Waals surface area contributed by atoms with E-state index in [2.05, 4.69) is 20.8 Å². The highest BCUT2D eigenvalue weighted by Crippen LogP contribution is 2.77. The third-order valence-corrected chi connectivity index (χ3v) is 6.00. The molecule has 3 nitrogen and oxygen atoms in total. The van der Waals surface area contributed by atoms with E-state index >= 15 is 0 Å². The lowest BCUT2D eigenvalue weighted by molar-refractivity contribution is -0.144. The number of aliphatic hydroxyl groups excluding tert-OH is 1. The van der Waals surface area contributed by atoms with Crippen molar-refractivity contribution in [3.05, 3.63) is 11.1 Å². The molecule has 1 spiro atoms. The number of esters is 1. The van der Waals surface area contributed by atoms with E-state index in [1.54, 1.807) is 0 Å². The van der Waals surface area contributed by atoms with Crippen LogP contribution in [-0.4, -0.2) is 23.8 Å². The summed E-state index contributed by atoms with van der Waals surface area (Å²) in [5.41, 5.74) is 2.11. The second-order valence-corrected chi connectivity index (χ2v) is 7.68. The normalized spacial score (nSPS) is 51.7. The molecule has 4 unspecified atom stereocenters. The minimum absolute atomic E-state index is 0.0882. The van der Waals surface area contributed by atoms with E-state index in [0.717, 1.165) is 19.3 Å². The fourth-order valence-electron chi connectivity index (χ4n) is 5.01. The molecule has 0 aromatic carbocycles. The third-order valence-electron chi connectivity index (χ3n) is 6.00. The van der Waals surface area contributed by atoms with Crippen LogP contribution < -0.4 is 0 Å². The summed E-state index contributed by atoms with van der Waals surface area (Å²) in [4.78, 5) is 12.1. The summed E-state index contributed by atoms with van der Waals surface area (Å²) in [5.74, 6) is 0.167. The Morgan fingerprint density at radius 2 is 2.06 bits per heavy atom. The fourth-order valence-corrected chi connectivity index (χ4v) is 5.01. The van der Waals surface area contributed by atoms with Crippen molar-refractivity contribution < 1.29 is 14.6 Å². The average molecular weight is 248 g/mol. The van der Waals surface area contributed by atoms with E-state index in [1.165, 1.54) is 11.1 Å². The molecule has 2 saturated carbocycles. The Bertz CT molecular complexity index is 504. The van der Waals surface area contributed by atoms with Gasteiger partial charge in [0.25, 0.3) is 0 Å². The standard InChI is InChI=1S/C15H20O3/c1-13(2)4-8-9(5-13)11(16)14(3)7-15(14)10(8)6-18-12(15)17/h9,11,16H,4-7H2,1-3H3. The minimum Gasteiger partial charge on any atom is -0.460 e. The summed E-state index contributed by atoms with van der Waals surface area (Å²) < 4.78 is 5.33. The van der Waals surface area contributed by atoms with Gasteiger partial charge in [-0.1, -0.05) is 26.3 Å². The first-order valence-electron chi connectivity index (χ1n) is 6.90. The summed E-state index contributed by atoms with van der Waals surface area (Å²) >= 11 is 0. The van der Waals surface area contributed by atoms with Crippen LogP contribution in [0.1, 0.15) is 40.0 Å². The van der Waals surface area contributed by atoms with E-state index in [4.69, 9.17) is 4.74 Å². The number of rotatable bonds is 0. The highest BCUT2D eigenvalue weighted by atomic mass is 16.5. The Labute approximate surface area is 107 Å². The molecule has 0 amide bonds. The third kappa shape index (κ3) is 0.932. The van der Waals surface area contributed by atoms with Crippen LogP contribution in [0.5, 0.6) is 0 Å². The van der Waals surface area contributed by atoms with E-state index in [0.29, 0.717) is 6.61 Å². The number of carbonyl (C=O) groups excluding carboxylic acids is 1. The number of ether oxygens (including phenoxy) is 1. The van der Waals surface area contributed by atoms with Crippen LogP contribution in [0.25, 0.3) is 0 Å². The molecule has 0 bridgehead atoms. The Hall–Kier alpha value is -0.830. The summed E-state index contributed by atoms with van der Waals surface area (Å²) in [7, 11) is 0. The van der Waals surface area contributed by atoms with Gasteiger partial charge >= 0.3 is 5.97 Å². The molecule has 1 saturated heterocycles. The second-order valence-electron chi connectivity index (χ2n) is 7.68. The van der Waals surface area contributed by atoms with Gasteiger partial charge in [0.1, 0.15) is 12.0 Å². The zero-order valence-electron chi connectivity index (χ0n) is 11.2. The molecule has 3 aliphatic carbocycles. The molecule has 0 aromatic heterocycles. The first-order chi connectivity index (χ1) is 8.32. The monoisotopic (exact) mass is 248 g/mol. The number of cyclic esters (lactones) is 1. The van der Waals surface area contributed by atoms with Crippen molar-refractivity contribution in [2.45, 2.75) is 46.1 Å². The smallest absolute Gasteiger partial charge is 0.317 e. The lowest BCUT2D eigenvalue weighted by Crippen LogP contribution is -2.39. The van der Waals surface area contributed by atoms with Crippen LogP contribution in [0.3, 0.4) is 0 Å². The van der Waals surface area contributed by atoms with Gasteiger partial charge in [0.05, 0.1) is 6.10 Å². The Morgan fingerprint density at radius 1 is 1.33 bits per heavy atom. The summed E-state index contributed by atoms with van der Waals surface area (Å²) in [6.45, 7) is 7.04. The molecule has 4 atom stereocenters. The zero-order chi connectivity index (χ0) is 12.9. The molecule has 0 radical (unpaired) electrons. The SMILES string of the molecule is CC1(C)CC2=C3COC(=O)C34CC4(C)C(O)C2C1. The number of hydrogen-bond acceptors (Lipinski definition) is 3. The molecule has 3 heteroatoms. The molecule has 98 valence electrons. The van der Waals surface area contributed by atoms with Gasteiger partial charge in [-0.2, -0.15) is 0 Å². The fraction of sp³-hybridized carbons (Fsp3) is 0.800. The number of hydrogen-bond donors (Lipinski definition) is 1. The van der Waals surface area contributed by atoms with Crippen LogP contribution >= 0.6 is 0 Å². The van der Waals surface area contributed by atoms with E-state index < -0.39 is 5.41 Å². The lowest BCUT2D eigenvalue weighted by Gasteiger charge is -2.34. The molecule has 4 rings (SSSR count). The number of aliphatic hydroxyl groups is 1. The summed E-state index contributed by atoms with van der Waals surface area (Å²) in [5, 5.41) is 10.7. The molecular weight excluding hydrogens is 228 g/mol. The molecule has 4 aliphatic rings. The van der Waals surface area contributed by atoms with Crippen molar-refractivity contribution in [1.29, 1.82) is 0 Å². The quantitative estimate of drug-likeness (QED) is 0.527. The zero-order valence-corrected chi connectivity index (χ0v) is 11.2. The predicted octanol–water partition coefficient (Wildman–Crippen LogP) is 2.05. The average Bonchev–Trinajstić information content (AvgIpc) is 2.61. The van der Waals surface area contributed by atoms with Gasteiger partial charge in [-0.3, -0.25) is 4.79 Å². The first-order valence-corrected chi connectivity index (χ1v) is 6.90. The molecule has 0 aromatic rings. The molecule has 3 fully saturated rings. The van der Waals surface area contributed by atoms with Gasteiger partial charge in [-0.25, -0.2) is 0 Å². The first kappa shape index (κ1) is 11.0. The van der Waals surface area contributed by atoms with Gasteiger partial charge < -0.3 is 9.84 Å². The highest BCUT2D eigenvalue weighted by molar-refractivity contribution is 5.90. The second kappa shape index (κ2) is 2.69. The van der Waals surface area contributed by atoms with Crippen LogP contribution in [0.4, 0.5) is 0 Å². The Kier molecular flexibility index (Phi) is 1.65. The van der Waals surface area contributed by atoms with Crippen LogP contribution in [0.15, 0.2) is 11.1 Å². The van der Waals surface area contributed by atoms with Crippen LogP contribution in [-0.2, 0) is 9.53 Å². The van der Waals surface area contributed by atoms with Gasteiger partial charge in [-0.05, 0) is 30.3 Å². The Balaban J connectivity index is 1.92. The predicted molar refractivity (Wildman–Crippen MR) is 65.7 cm³/mol. The molecule has 1 heterocycles. The van der Waals surface area contributed by atoms with Crippen molar-refractivity contribution in [1.82, 2.24) is 0 Å². The number of fused-ring (bicyclic) bond motifs is 1. The highest BCUT2D eigenvalue weighted by Gasteiger charge is 2.80. The lowest BCUT2D eigenvalue weighted by atomic mass is 9.71. The van der Waals surface area contributed by atoms with Gasteiger partial charge in [-0.15, -0.1) is 0 Å². The Morgan fingerprint density at radius 3 is 2.78 bits per heavy atom. The van der Waals surface area contributed by atoms with Crippen molar-refractivity contribution in [2.24, 2.45) is 22.2 Å². The maximum Gasteiger partial charge on any atom is 0.317 e. The van der Waals surface area contributed by atoms with E-state index in [1.807, 2.05) is 0 Å².